The quantitative estimate of drug-likeness (QED) is 0.851. The van der Waals surface area contributed by atoms with E-state index in [0.29, 0.717) is 0 Å². The number of anilines is 1. The van der Waals surface area contributed by atoms with Crippen LogP contribution in [0.15, 0.2) is 41.4 Å². The number of benzene rings is 1. The van der Waals surface area contributed by atoms with Crippen molar-refractivity contribution in [3.63, 3.8) is 0 Å². The predicted molar refractivity (Wildman–Crippen MR) is 75.5 cm³/mol. The van der Waals surface area contributed by atoms with Crippen LogP contribution in [0, 0.1) is 5.82 Å². The summed E-state index contributed by atoms with van der Waals surface area (Å²) < 4.78 is 44.7. The van der Waals surface area contributed by atoms with Gasteiger partial charge in [0.15, 0.2) is 0 Å². The van der Waals surface area contributed by atoms with Crippen LogP contribution in [0.1, 0.15) is 5.56 Å². The summed E-state index contributed by atoms with van der Waals surface area (Å²) in [5.74, 6) is -0.406. The topological polar surface area (TPSA) is 76.6 Å². The molecule has 6 nitrogen and oxygen atoms in total. The number of rotatable bonds is 3. The molecule has 0 N–H and O–H groups in total. The molecule has 0 saturated heterocycles. The van der Waals surface area contributed by atoms with Gasteiger partial charge in [-0.15, -0.1) is 0 Å². The van der Waals surface area contributed by atoms with Gasteiger partial charge in [-0.05, 0) is 30.3 Å². The lowest BCUT2D eigenvalue weighted by atomic mass is 10.2. The van der Waals surface area contributed by atoms with E-state index in [9.17, 15) is 17.6 Å². The number of halogens is 1. The number of hydrogen-bond acceptors (Lipinski definition) is 5. The van der Waals surface area contributed by atoms with E-state index in [2.05, 4.69) is 4.98 Å². The highest BCUT2D eigenvalue weighted by Gasteiger charge is 2.31. The highest BCUT2D eigenvalue weighted by molar-refractivity contribution is 7.92. The van der Waals surface area contributed by atoms with Gasteiger partial charge in [-0.2, -0.15) is 0 Å². The van der Waals surface area contributed by atoms with E-state index in [-0.39, 0.29) is 35.2 Å². The van der Waals surface area contributed by atoms with Gasteiger partial charge in [-0.3, -0.25) is 9.10 Å². The van der Waals surface area contributed by atoms with E-state index in [1.54, 1.807) is 6.29 Å². The number of fused-ring (bicyclic) bond motifs is 1. The van der Waals surface area contributed by atoms with E-state index in [1.807, 2.05) is 0 Å². The highest BCUT2D eigenvalue weighted by Crippen LogP contribution is 2.33. The molecule has 0 amide bonds. The van der Waals surface area contributed by atoms with Crippen LogP contribution >= 0.6 is 0 Å². The van der Waals surface area contributed by atoms with Crippen LogP contribution in [-0.4, -0.2) is 32.8 Å². The molecule has 3 rings (SSSR count). The Balaban J connectivity index is 2.10. The van der Waals surface area contributed by atoms with E-state index < -0.39 is 15.8 Å². The number of hydrogen-bond donors (Lipinski definition) is 0. The van der Waals surface area contributed by atoms with E-state index in [1.165, 1.54) is 24.4 Å². The molecular formula is C14H10FN2O4S. The van der Waals surface area contributed by atoms with Crippen molar-refractivity contribution in [3.8, 4) is 5.88 Å². The minimum Gasteiger partial charge on any atom is -0.474 e. The first-order valence-electron chi connectivity index (χ1n) is 6.31. The summed E-state index contributed by atoms with van der Waals surface area (Å²) in [4.78, 5) is 14.6. The number of sulfonamides is 1. The van der Waals surface area contributed by atoms with E-state index in [0.717, 1.165) is 16.4 Å². The Morgan fingerprint density at radius 2 is 2.00 bits per heavy atom. The molecule has 22 heavy (non-hydrogen) atoms. The minimum absolute atomic E-state index is 0.0535. The standard InChI is InChI=1S/C14H10FN2O4S/c15-11-1-3-12(4-2-11)22(19,20)17-5-6-21-14-13(17)7-10(9-18)8-16-14/h1-4,7-8H,5-6H2. The van der Waals surface area contributed by atoms with Crippen molar-refractivity contribution in [2.45, 2.75) is 4.90 Å². The van der Waals surface area contributed by atoms with Crippen LogP contribution in [0.2, 0.25) is 0 Å². The van der Waals surface area contributed by atoms with Crippen molar-refractivity contribution in [1.29, 1.82) is 0 Å². The smallest absolute Gasteiger partial charge is 0.264 e. The van der Waals surface area contributed by atoms with Gasteiger partial charge >= 0.3 is 0 Å². The third-order valence-corrected chi connectivity index (χ3v) is 4.98. The lowest BCUT2D eigenvalue weighted by molar-refractivity contribution is 0.303. The molecule has 1 radical (unpaired) electrons. The summed E-state index contributed by atoms with van der Waals surface area (Å²) in [7, 11) is -3.90. The lowest BCUT2D eigenvalue weighted by Gasteiger charge is -2.29. The number of nitrogens with zero attached hydrogens (tertiary/aromatic N) is 2. The number of carbonyl (C=O) groups excluding carboxylic acids is 1. The van der Waals surface area contributed by atoms with Crippen LogP contribution in [0.5, 0.6) is 5.88 Å². The SMILES string of the molecule is O=[C]c1cnc2c(c1)N(S(=O)(=O)c1ccc(F)cc1)CCO2. The van der Waals surface area contributed by atoms with Gasteiger partial charge in [0.05, 0.1) is 11.4 Å². The monoisotopic (exact) mass is 321 g/mol. The largest absolute Gasteiger partial charge is 0.474 e. The van der Waals surface area contributed by atoms with Gasteiger partial charge < -0.3 is 4.74 Å². The molecule has 2 aromatic rings. The third kappa shape index (κ3) is 2.41. The summed E-state index contributed by atoms with van der Waals surface area (Å²) in [5.41, 5.74) is 0.278. The van der Waals surface area contributed by atoms with Crippen LogP contribution < -0.4 is 9.04 Å². The van der Waals surface area contributed by atoms with Crippen molar-refractivity contribution >= 4 is 22.0 Å². The third-order valence-electron chi connectivity index (χ3n) is 3.15. The summed E-state index contributed by atoms with van der Waals surface area (Å²) in [6.45, 7) is 0.196. The first kappa shape index (κ1) is 14.5. The summed E-state index contributed by atoms with van der Waals surface area (Å²) in [6.07, 6.45) is 2.91. The molecule has 113 valence electrons. The van der Waals surface area contributed by atoms with Gasteiger partial charge in [-0.1, -0.05) is 0 Å². The summed E-state index contributed by atoms with van der Waals surface area (Å²) in [6, 6.07) is 5.85. The molecule has 0 fully saturated rings. The van der Waals surface area contributed by atoms with Crippen molar-refractivity contribution in [1.82, 2.24) is 4.98 Å². The number of aromatic nitrogens is 1. The van der Waals surface area contributed by atoms with Crippen molar-refractivity contribution in [3.05, 3.63) is 47.9 Å². The highest BCUT2D eigenvalue weighted by atomic mass is 32.2. The van der Waals surface area contributed by atoms with E-state index in [4.69, 9.17) is 4.74 Å². The van der Waals surface area contributed by atoms with Gasteiger partial charge in [0, 0.05) is 11.8 Å². The second-order valence-electron chi connectivity index (χ2n) is 4.53. The average molecular weight is 321 g/mol. The normalized spacial score (nSPS) is 14.1. The Morgan fingerprint density at radius 3 is 2.68 bits per heavy atom. The fourth-order valence-electron chi connectivity index (χ4n) is 2.12. The second-order valence-corrected chi connectivity index (χ2v) is 6.39. The fourth-order valence-corrected chi connectivity index (χ4v) is 3.55. The maximum absolute atomic E-state index is 13.0. The molecule has 1 aliphatic heterocycles. The Hall–Kier alpha value is -2.48. The van der Waals surface area contributed by atoms with Crippen molar-refractivity contribution in [2.75, 3.05) is 17.5 Å². The van der Waals surface area contributed by atoms with Crippen LogP contribution in [0.3, 0.4) is 0 Å². The maximum atomic E-state index is 13.0. The molecule has 0 saturated carbocycles. The van der Waals surface area contributed by atoms with Crippen LogP contribution in [-0.2, 0) is 14.8 Å². The zero-order chi connectivity index (χ0) is 15.7. The number of pyridine rings is 1. The Bertz CT molecular complexity index is 821. The first-order chi connectivity index (χ1) is 10.5. The molecule has 1 aliphatic rings. The van der Waals surface area contributed by atoms with E-state index >= 15 is 0 Å². The molecular weight excluding hydrogens is 311 g/mol. The fraction of sp³-hybridized carbons (Fsp3) is 0.143. The van der Waals surface area contributed by atoms with Crippen molar-refractivity contribution < 1.29 is 22.3 Å². The predicted octanol–water partition coefficient (Wildman–Crippen LogP) is 1.27. The molecule has 0 atom stereocenters. The Morgan fingerprint density at radius 1 is 1.27 bits per heavy atom. The second kappa shape index (κ2) is 5.38. The average Bonchev–Trinajstić information content (AvgIpc) is 2.54. The van der Waals surface area contributed by atoms with Crippen LogP contribution in [0.4, 0.5) is 10.1 Å². The lowest BCUT2D eigenvalue weighted by Crippen LogP contribution is -2.38. The molecule has 0 spiro atoms. The molecule has 0 bridgehead atoms. The zero-order valence-corrected chi connectivity index (χ0v) is 12.0. The molecule has 1 aromatic carbocycles. The molecule has 2 heterocycles. The Kier molecular flexibility index (Phi) is 3.53. The molecule has 1 aromatic heterocycles. The summed E-state index contributed by atoms with van der Waals surface area (Å²) in [5, 5.41) is 0. The number of ether oxygens (including phenoxy) is 1. The van der Waals surface area contributed by atoms with Gasteiger partial charge in [0.25, 0.3) is 10.0 Å². The van der Waals surface area contributed by atoms with Gasteiger partial charge in [0.1, 0.15) is 18.1 Å². The minimum atomic E-state index is -3.90. The van der Waals surface area contributed by atoms with Crippen molar-refractivity contribution in [2.24, 2.45) is 0 Å². The van der Waals surface area contributed by atoms with Gasteiger partial charge in [-0.25, -0.2) is 17.8 Å². The molecule has 0 aliphatic carbocycles. The van der Waals surface area contributed by atoms with Crippen LogP contribution in [0.25, 0.3) is 0 Å². The first-order valence-corrected chi connectivity index (χ1v) is 7.76. The Labute approximate surface area is 126 Å². The molecule has 0 unspecified atom stereocenters. The zero-order valence-electron chi connectivity index (χ0n) is 11.2. The molecule has 8 heteroatoms. The summed E-state index contributed by atoms with van der Waals surface area (Å²) >= 11 is 0. The van der Waals surface area contributed by atoms with Gasteiger partial charge in [0.2, 0.25) is 12.2 Å². The maximum Gasteiger partial charge on any atom is 0.264 e.